The molecule has 0 fully saturated rings. The summed E-state index contributed by atoms with van der Waals surface area (Å²) < 4.78 is 48.7. The molecule has 2 rings (SSSR count). The largest absolute Gasteiger partial charge is 0.496 e. The van der Waals surface area contributed by atoms with Crippen LogP contribution in [-0.2, 0) is 28.7 Å². The lowest BCUT2D eigenvalue weighted by atomic mass is 9.93. The molecule has 0 aliphatic rings. The number of nitrogens with one attached hydrogen (secondary N) is 1. The van der Waals surface area contributed by atoms with Gasteiger partial charge in [-0.15, -0.1) is 0 Å². The van der Waals surface area contributed by atoms with Gasteiger partial charge < -0.3 is 14.8 Å². The van der Waals surface area contributed by atoms with Crippen LogP contribution in [-0.4, -0.2) is 25.6 Å². The van der Waals surface area contributed by atoms with Crippen molar-refractivity contribution in [3.8, 4) is 5.75 Å². The first-order valence-electron chi connectivity index (χ1n) is 11.0. The normalized spacial score (nSPS) is 12.2. The van der Waals surface area contributed by atoms with E-state index >= 15 is 0 Å². The first-order valence-corrected chi connectivity index (χ1v) is 11.0. The maximum atomic E-state index is 12.8. The standard InChI is InChI=1S/C25H30F3NO4/c1-4-6-7-19(24(31)33-5-2)14-18-10-13-22(32-3)21(15-18)23(30)29-16-17-8-11-20(12-9-17)25(26,27)28/h8-13,15,19H,4-7,14,16H2,1-3H3,(H,29,30). The van der Waals surface area contributed by atoms with Gasteiger partial charge in [0.1, 0.15) is 5.75 Å². The molecule has 0 bridgehead atoms. The van der Waals surface area contributed by atoms with Gasteiger partial charge in [0.15, 0.2) is 0 Å². The third kappa shape index (κ3) is 7.80. The van der Waals surface area contributed by atoms with E-state index in [9.17, 15) is 22.8 Å². The molecule has 5 nitrogen and oxygen atoms in total. The smallest absolute Gasteiger partial charge is 0.416 e. The van der Waals surface area contributed by atoms with Crippen LogP contribution in [0, 0.1) is 5.92 Å². The number of alkyl halides is 3. The minimum atomic E-state index is -4.41. The van der Waals surface area contributed by atoms with Crippen LogP contribution < -0.4 is 10.1 Å². The monoisotopic (exact) mass is 465 g/mol. The zero-order valence-corrected chi connectivity index (χ0v) is 19.1. The minimum absolute atomic E-state index is 0.0618. The molecular formula is C25H30F3NO4. The highest BCUT2D eigenvalue weighted by Crippen LogP contribution is 2.29. The molecule has 33 heavy (non-hydrogen) atoms. The van der Waals surface area contributed by atoms with Crippen LogP contribution >= 0.6 is 0 Å². The third-order valence-corrected chi connectivity index (χ3v) is 5.25. The van der Waals surface area contributed by atoms with Crippen molar-refractivity contribution in [1.82, 2.24) is 5.32 Å². The molecule has 0 saturated heterocycles. The second-order valence-corrected chi connectivity index (χ2v) is 7.71. The Morgan fingerprint density at radius 1 is 1.03 bits per heavy atom. The quantitative estimate of drug-likeness (QED) is 0.442. The predicted octanol–water partition coefficient (Wildman–Crippen LogP) is 5.56. The fourth-order valence-corrected chi connectivity index (χ4v) is 3.45. The lowest BCUT2D eigenvalue weighted by Crippen LogP contribution is -2.24. The van der Waals surface area contributed by atoms with E-state index in [4.69, 9.17) is 9.47 Å². The van der Waals surface area contributed by atoms with E-state index in [1.165, 1.54) is 19.2 Å². The van der Waals surface area contributed by atoms with Crippen molar-refractivity contribution in [2.75, 3.05) is 13.7 Å². The Balaban J connectivity index is 2.13. The number of esters is 1. The second kappa shape index (κ2) is 12.3. The Labute approximate surface area is 192 Å². The van der Waals surface area contributed by atoms with Crippen LogP contribution in [0.1, 0.15) is 60.2 Å². The van der Waals surface area contributed by atoms with Gasteiger partial charge in [-0.25, -0.2) is 0 Å². The van der Waals surface area contributed by atoms with Gasteiger partial charge in [-0.3, -0.25) is 9.59 Å². The molecule has 1 N–H and O–H groups in total. The Bertz CT molecular complexity index is 926. The topological polar surface area (TPSA) is 64.6 Å². The summed E-state index contributed by atoms with van der Waals surface area (Å²) in [6, 6.07) is 9.78. The number of rotatable bonds is 11. The van der Waals surface area contributed by atoms with E-state index in [1.807, 2.05) is 6.07 Å². The lowest BCUT2D eigenvalue weighted by molar-refractivity contribution is -0.148. The predicted molar refractivity (Wildman–Crippen MR) is 119 cm³/mol. The van der Waals surface area contributed by atoms with E-state index in [0.717, 1.165) is 30.5 Å². The maximum absolute atomic E-state index is 12.8. The zero-order valence-electron chi connectivity index (χ0n) is 19.1. The van der Waals surface area contributed by atoms with Crippen LogP contribution in [0.25, 0.3) is 0 Å². The molecular weight excluding hydrogens is 435 g/mol. The van der Waals surface area contributed by atoms with Crippen molar-refractivity contribution in [3.05, 3.63) is 64.7 Å². The molecule has 2 aromatic carbocycles. The van der Waals surface area contributed by atoms with Crippen LogP contribution in [0.4, 0.5) is 13.2 Å². The Morgan fingerprint density at radius 3 is 2.27 bits per heavy atom. The van der Waals surface area contributed by atoms with Crippen molar-refractivity contribution in [2.24, 2.45) is 5.92 Å². The number of methoxy groups -OCH3 is 1. The molecule has 1 amide bonds. The Morgan fingerprint density at radius 2 is 1.70 bits per heavy atom. The number of halogens is 3. The molecule has 0 aliphatic carbocycles. The molecule has 2 aromatic rings. The summed E-state index contributed by atoms with van der Waals surface area (Å²) in [6.45, 7) is 4.18. The Hall–Kier alpha value is -3.03. The van der Waals surface area contributed by atoms with Crippen LogP contribution in [0.15, 0.2) is 42.5 Å². The van der Waals surface area contributed by atoms with Crippen molar-refractivity contribution in [2.45, 2.75) is 52.3 Å². The molecule has 0 heterocycles. The first kappa shape index (κ1) is 26.2. The molecule has 8 heteroatoms. The van der Waals surface area contributed by atoms with Gasteiger partial charge in [0, 0.05) is 6.54 Å². The maximum Gasteiger partial charge on any atom is 0.416 e. The van der Waals surface area contributed by atoms with Crippen molar-refractivity contribution >= 4 is 11.9 Å². The molecule has 1 unspecified atom stereocenters. The third-order valence-electron chi connectivity index (χ3n) is 5.25. The van der Waals surface area contributed by atoms with E-state index in [-0.39, 0.29) is 18.4 Å². The molecule has 0 radical (unpaired) electrons. The average Bonchev–Trinajstić information content (AvgIpc) is 2.79. The number of hydrogen-bond donors (Lipinski definition) is 1. The van der Waals surface area contributed by atoms with E-state index < -0.39 is 17.6 Å². The van der Waals surface area contributed by atoms with Crippen molar-refractivity contribution < 1.29 is 32.2 Å². The van der Waals surface area contributed by atoms with Gasteiger partial charge in [-0.05, 0) is 55.2 Å². The molecule has 0 aromatic heterocycles. The molecule has 0 spiro atoms. The van der Waals surface area contributed by atoms with Gasteiger partial charge in [-0.1, -0.05) is 38.0 Å². The summed E-state index contributed by atoms with van der Waals surface area (Å²) in [6.07, 6.45) is -1.44. The Kier molecular flexibility index (Phi) is 9.75. The van der Waals surface area contributed by atoms with Crippen LogP contribution in [0.5, 0.6) is 5.75 Å². The van der Waals surface area contributed by atoms with Crippen molar-refractivity contribution in [3.63, 3.8) is 0 Å². The highest BCUT2D eigenvalue weighted by molar-refractivity contribution is 5.97. The molecule has 180 valence electrons. The van der Waals surface area contributed by atoms with E-state index in [2.05, 4.69) is 12.2 Å². The summed E-state index contributed by atoms with van der Waals surface area (Å²) in [7, 11) is 1.45. The van der Waals surface area contributed by atoms with Gasteiger partial charge in [0.2, 0.25) is 0 Å². The highest BCUT2D eigenvalue weighted by Gasteiger charge is 2.30. The van der Waals surface area contributed by atoms with Gasteiger partial charge in [-0.2, -0.15) is 13.2 Å². The number of benzene rings is 2. The summed E-state index contributed by atoms with van der Waals surface area (Å²) in [5, 5.41) is 2.71. The summed E-state index contributed by atoms with van der Waals surface area (Å²) >= 11 is 0. The van der Waals surface area contributed by atoms with Crippen LogP contribution in [0.2, 0.25) is 0 Å². The fourth-order valence-electron chi connectivity index (χ4n) is 3.45. The second-order valence-electron chi connectivity index (χ2n) is 7.71. The molecule has 0 aliphatic heterocycles. The number of hydrogen-bond acceptors (Lipinski definition) is 4. The SMILES string of the molecule is CCCCC(Cc1ccc(OC)c(C(=O)NCc2ccc(C(F)(F)F)cc2)c1)C(=O)OCC. The van der Waals surface area contributed by atoms with E-state index in [0.29, 0.717) is 36.3 Å². The lowest BCUT2D eigenvalue weighted by Gasteiger charge is -2.17. The summed E-state index contributed by atoms with van der Waals surface area (Å²) in [5.41, 5.74) is 0.879. The summed E-state index contributed by atoms with van der Waals surface area (Å²) in [4.78, 5) is 25.2. The first-order chi connectivity index (χ1) is 15.7. The molecule has 1 atom stereocenters. The number of amides is 1. The number of ether oxygens (including phenoxy) is 2. The highest BCUT2D eigenvalue weighted by atomic mass is 19.4. The van der Waals surface area contributed by atoms with Gasteiger partial charge in [0.25, 0.3) is 5.91 Å². The van der Waals surface area contributed by atoms with Gasteiger partial charge >= 0.3 is 12.1 Å². The van der Waals surface area contributed by atoms with Crippen molar-refractivity contribution in [1.29, 1.82) is 0 Å². The number of unbranched alkanes of at least 4 members (excludes halogenated alkanes) is 1. The minimum Gasteiger partial charge on any atom is -0.496 e. The van der Waals surface area contributed by atoms with E-state index in [1.54, 1.807) is 19.1 Å². The van der Waals surface area contributed by atoms with Gasteiger partial charge in [0.05, 0.1) is 30.8 Å². The molecule has 0 saturated carbocycles. The zero-order chi connectivity index (χ0) is 24.4. The number of carbonyl (C=O) groups is 2. The summed E-state index contributed by atoms with van der Waals surface area (Å²) in [5.74, 6) is -0.615. The number of carbonyl (C=O) groups excluding carboxylic acids is 2. The fraction of sp³-hybridized carbons (Fsp3) is 0.440. The van der Waals surface area contributed by atoms with Crippen LogP contribution in [0.3, 0.4) is 0 Å². The average molecular weight is 466 g/mol.